The molecule has 3 aromatic rings. The van der Waals surface area contributed by atoms with E-state index in [0.29, 0.717) is 22.6 Å². The van der Waals surface area contributed by atoms with Crippen molar-refractivity contribution in [3.05, 3.63) is 36.5 Å². The summed E-state index contributed by atoms with van der Waals surface area (Å²) < 4.78 is 56.7. The number of alkyl halides is 3. The van der Waals surface area contributed by atoms with Crippen molar-refractivity contribution in [2.24, 2.45) is 7.05 Å². The van der Waals surface area contributed by atoms with Crippen LogP contribution in [-0.2, 0) is 16.9 Å². The smallest absolute Gasteiger partial charge is 0.422 e. The fourth-order valence-electron chi connectivity index (χ4n) is 2.57. The number of hydrogen-bond acceptors (Lipinski definition) is 5. The Hall–Kier alpha value is -2.07. The van der Waals surface area contributed by atoms with Crippen LogP contribution < -0.4 is 4.74 Å². The lowest BCUT2D eigenvalue weighted by Crippen LogP contribution is -2.14. The average molecular weight is 446 g/mol. The number of sulfone groups is 1. The Morgan fingerprint density at radius 3 is 2.65 bits per heavy atom. The number of aromatic nitrogens is 3. The third kappa shape index (κ3) is 3.56. The SMILES string of the molecule is CCS(=O)(=O)c1ccccc1-c1nc2cc(OC(F)(F)Br)cnc2n1C. The van der Waals surface area contributed by atoms with E-state index in [1.807, 2.05) is 0 Å². The Morgan fingerprint density at radius 1 is 1.31 bits per heavy atom. The zero-order chi connectivity index (χ0) is 19.1. The van der Waals surface area contributed by atoms with Crippen molar-refractivity contribution in [1.82, 2.24) is 14.5 Å². The van der Waals surface area contributed by atoms with E-state index in [2.05, 4.69) is 30.6 Å². The molecule has 2 heterocycles. The Balaban J connectivity index is 2.17. The molecule has 10 heteroatoms. The molecule has 1 aromatic carbocycles. The molecular formula is C16H14BrF2N3O3S. The lowest BCUT2D eigenvalue weighted by atomic mass is 10.2. The summed E-state index contributed by atoms with van der Waals surface area (Å²) in [5.74, 6) is 0.145. The Kier molecular flexibility index (Phi) is 4.74. The molecule has 0 fully saturated rings. The maximum atomic E-state index is 13.0. The molecule has 0 atom stereocenters. The van der Waals surface area contributed by atoms with Crippen LogP contribution in [0.1, 0.15) is 6.92 Å². The van der Waals surface area contributed by atoms with Crippen molar-refractivity contribution in [1.29, 1.82) is 0 Å². The molecule has 6 nitrogen and oxygen atoms in total. The molecule has 0 amide bonds. The molecule has 26 heavy (non-hydrogen) atoms. The van der Waals surface area contributed by atoms with Crippen LogP contribution >= 0.6 is 15.9 Å². The maximum absolute atomic E-state index is 13.0. The first-order chi connectivity index (χ1) is 12.1. The molecule has 0 unspecified atom stereocenters. The summed E-state index contributed by atoms with van der Waals surface area (Å²) in [7, 11) is -1.79. The monoisotopic (exact) mass is 445 g/mol. The van der Waals surface area contributed by atoms with Gasteiger partial charge in [0.25, 0.3) is 0 Å². The van der Waals surface area contributed by atoms with Gasteiger partial charge in [0.15, 0.2) is 15.5 Å². The van der Waals surface area contributed by atoms with Gasteiger partial charge in [-0.1, -0.05) is 19.1 Å². The lowest BCUT2D eigenvalue weighted by Gasteiger charge is -2.10. The van der Waals surface area contributed by atoms with Gasteiger partial charge in [0.2, 0.25) is 0 Å². The van der Waals surface area contributed by atoms with Crippen molar-refractivity contribution in [3.8, 4) is 17.1 Å². The summed E-state index contributed by atoms with van der Waals surface area (Å²) in [6.07, 6.45) is 1.15. The summed E-state index contributed by atoms with van der Waals surface area (Å²) in [6, 6.07) is 7.82. The fourth-order valence-corrected chi connectivity index (χ4v) is 3.84. The van der Waals surface area contributed by atoms with E-state index in [4.69, 9.17) is 0 Å². The number of benzene rings is 1. The van der Waals surface area contributed by atoms with Gasteiger partial charge >= 0.3 is 5.02 Å². The number of ether oxygens (including phenoxy) is 1. The first-order valence-electron chi connectivity index (χ1n) is 7.53. The average Bonchev–Trinajstić information content (AvgIpc) is 2.89. The molecule has 0 spiro atoms. The molecular weight excluding hydrogens is 432 g/mol. The van der Waals surface area contributed by atoms with Crippen molar-refractivity contribution in [3.63, 3.8) is 0 Å². The van der Waals surface area contributed by atoms with E-state index < -0.39 is 14.9 Å². The largest absolute Gasteiger partial charge is 0.459 e. The molecule has 0 saturated carbocycles. The Morgan fingerprint density at radius 2 is 2.00 bits per heavy atom. The number of pyridine rings is 1. The van der Waals surface area contributed by atoms with Crippen LogP contribution in [0.25, 0.3) is 22.6 Å². The van der Waals surface area contributed by atoms with Gasteiger partial charge in [-0.3, -0.25) is 0 Å². The van der Waals surface area contributed by atoms with E-state index in [-0.39, 0.29) is 16.4 Å². The highest BCUT2D eigenvalue weighted by molar-refractivity contribution is 9.09. The van der Waals surface area contributed by atoms with Crippen LogP contribution in [-0.4, -0.2) is 33.7 Å². The number of aryl methyl sites for hydroxylation is 1. The number of halogens is 3. The third-order valence-electron chi connectivity index (χ3n) is 3.76. The minimum absolute atomic E-state index is 0.0511. The first kappa shape index (κ1) is 18.7. The second kappa shape index (κ2) is 6.58. The molecule has 0 N–H and O–H groups in total. The van der Waals surface area contributed by atoms with Gasteiger partial charge in [-0.25, -0.2) is 18.4 Å². The van der Waals surface area contributed by atoms with Crippen LogP contribution in [0.3, 0.4) is 0 Å². The van der Waals surface area contributed by atoms with Crippen LogP contribution in [0.5, 0.6) is 5.75 Å². The second-order valence-electron chi connectivity index (χ2n) is 5.46. The van der Waals surface area contributed by atoms with Crippen molar-refractivity contribution >= 4 is 36.9 Å². The minimum Gasteiger partial charge on any atom is -0.422 e. The molecule has 0 aliphatic rings. The number of fused-ring (bicyclic) bond motifs is 1. The fraction of sp³-hybridized carbons (Fsp3) is 0.250. The van der Waals surface area contributed by atoms with Gasteiger partial charge in [0, 0.05) is 34.6 Å². The number of nitrogens with zero attached hydrogens (tertiary/aromatic N) is 3. The van der Waals surface area contributed by atoms with E-state index >= 15 is 0 Å². The maximum Gasteiger partial charge on any atom is 0.459 e. The van der Waals surface area contributed by atoms with Crippen molar-refractivity contribution < 1.29 is 21.9 Å². The van der Waals surface area contributed by atoms with E-state index in [9.17, 15) is 17.2 Å². The van der Waals surface area contributed by atoms with Crippen LogP contribution in [0.15, 0.2) is 41.4 Å². The predicted octanol–water partition coefficient (Wildman–Crippen LogP) is 3.75. The Labute approximate surface area is 156 Å². The standard InChI is InChI=1S/C16H14BrF2N3O3S/c1-3-26(23,24)13-7-5-4-6-11(13)14-21-12-8-10(25-16(17,18)19)9-20-15(12)22(14)2/h4-9H,3H2,1-2H3. The van der Waals surface area contributed by atoms with Crippen molar-refractivity contribution in [2.75, 3.05) is 5.75 Å². The van der Waals surface area contributed by atoms with Gasteiger partial charge in [0.1, 0.15) is 17.1 Å². The lowest BCUT2D eigenvalue weighted by molar-refractivity contribution is -0.0804. The molecule has 3 rings (SSSR count). The van der Waals surface area contributed by atoms with Crippen molar-refractivity contribution in [2.45, 2.75) is 16.8 Å². The highest BCUT2D eigenvalue weighted by Crippen LogP contribution is 2.32. The van der Waals surface area contributed by atoms with E-state index in [0.717, 1.165) is 6.20 Å². The normalized spacial score (nSPS) is 12.5. The number of hydrogen-bond donors (Lipinski definition) is 0. The molecule has 2 aromatic heterocycles. The summed E-state index contributed by atoms with van der Waals surface area (Å²) in [5.41, 5.74) is 1.14. The summed E-state index contributed by atoms with van der Waals surface area (Å²) >= 11 is 2.10. The predicted molar refractivity (Wildman–Crippen MR) is 96.2 cm³/mol. The van der Waals surface area contributed by atoms with E-state index in [1.54, 1.807) is 36.7 Å². The Bertz CT molecular complexity index is 1080. The molecule has 0 radical (unpaired) electrons. The first-order valence-corrected chi connectivity index (χ1v) is 9.97. The van der Waals surface area contributed by atoms with Crippen LogP contribution in [0.2, 0.25) is 0 Å². The van der Waals surface area contributed by atoms with Crippen LogP contribution in [0.4, 0.5) is 8.78 Å². The highest BCUT2D eigenvalue weighted by atomic mass is 79.9. The van der Waals surface area contributed by atoms with Gasteiger partial charge in [0.05, 0.1) is 16.8 Å². The molecule has 0 bridgehead atoms. The highest BCUT2D eigenvalue weighted by Gasteiger charge is 2.27. The zero-order valence-electron chi connectivity index (χ0n) is 13.8. The van der Waals surface area contributed by atoms with Gasteiger partial charge in [-0.2, -0.15) is 8.78 Å². The number of imidazole rings is 1. The summed E-state index contributed by atoms with van der Waals surface area (Å²) in [4.78, 5) is 8.63. The number of rotatable bonds is 5. The topological polar surface area (TPSA) is 74.1 Å². The summed E-state index contributed by atoms with van der Waals surface area (Å²) in [6.45, 7) is 1.56. The zero-order valence-corrected chi connectivity index (χ0v) is 16.2. The molecule has 0 saturated heterocycles. The summed E-state index contributed by atoms with van der Waals surface area (Å²) in [5, 5.41) is -3.53. The quantitative estimate of drug-likeness (QED) is 0.559. The molecule has 0 aliphatic heterocycles. The molecule has 0 aliphatic carbocycles. The molecule has 138 valence electrons. The minimum atomic E-state index is -3.53. The second-order valence-corrected chi connectivity index (χ2v) is 8.63. The third-order valence-corrected chi connectivity index (χ3v) is 5.71. The van der Waals surface area contributed by atoms with Gasteiger partial charge in [-0.05, 0) is 12.1 Å². The van der Waals surface area contributed by atoms with Gasteiger partial charge in [-0.15, -0.1) is 0 Å². The van der Waals surface area contributed by atoms with Crippen LogP contribution in [0, 0.1) is 0 Å². The van der Waals surface area contributed by atoms with E-state index in [1.165, 1.54) is 12.1 Å². The van der Waals surface area contributed by atoms with Gasteiger partial charge < -0.3 is 9.30 Å².